The molecule has 126 valence electrons. The molecule has 1 heterocycles. The monoisotopic (exact) mass is 309 g/mol. The van der Waals surface area contributed by atoms with Crippen LogP contribution in [0.15, 0.2) is 12.7 Å². The van der Waals surface area contributed by atoms with Gasteiger partial charge in [0.1, 0.15) is 18.8 Å². The first kappa shape index (κ1) is 18.7. The molecule has 0 aliphatic carbocycles. The van der Waals surface area contributed by atoms with Crippen molar-refractivity contribution in [1.29, 1.82) is 0 Å². The van der Waals surface area contributed by atoms with Gasteiger partial charge in [0.05, 0.1) is 0 Å². The van der Waals surface area contributed by atoms with Gasteiger partial charge in [0, 0.05) is 0 Å². The first-order valence-corrected chi connectivity index (χ1v) is 8.62. The molecule has 0 amide bonds. The van der Waals surface area contributed by atoms with Crippen molar-refractivity contribution in [2.24, 2.45) is 11.8 Å². The van der Waals surface area contributed by atoms with Crippen LogP contribution in [0.25, 0.3) is 0 Å². The number of carbonyl (C=O) groups excluding carboxylic acids is 1. The zero-order valence-corrected chi connectivity index (χ0v) is 14.5. The van der Waals surface area contributed by atoms with Crippen molar-refractivity contribution in [3.63, 3.8) is 0 Å². The summed E-state index contributed by atoms with van der Waals surface area (Å²) in [4.78, 5) is 15.8. The average Bonchev–Trinajstić information content (AvgIpc) is 3.01. The van der Waals surface area contributed by atoms with Gasteiger partial charge in [-0.1, -0.05) is 53.4 Å². The van der Waals surface area contributed by atoms with Crippen molar-refractivity contribution in [2.75, 3.05) is 0 Å². The molecule has 0 saturated carbocycles. The third kappa shape index (κ3) is 7.05. The van der Waals surface area contributed by atoms with Crippen molar-refractivity contribution in [2.45, 2.75) is 78.7 Å². The number of ether oxygens (including phenoxy) is 1. The standard InChI is InChI=1S/C17H31N3O2/c1-5-7-8-15(6-2)9-10-16(11-14(3)4)22-17(21)20-13-18-12-19-20/h12-16H,5-11H2,1-4H3. The van der Waals surface area contributed by atoms with Gasteiger partial charge in [-0.25, -0.2) is 9.78 Å². The highest BCUT2D eigenvalue weighted by molar-refractivity contribution is 5.68. The van der Waals surface area contributed by atoms with Gasteiger partial charge in [-0.05, 0) is 31.1 Å². The fourth-order valence-electron chi connectivity index (χ4n) is 2.72. The Kier molecular flexibility index (Phi) is 8.78. The van der Waals surface area contributed by atoms with Crippen LogP contribution in [0.3, 0.4) is 0 Å². The molecule has 22 heavy (non-hydrogen) atoms. The van der Waals surface area contributed by atoms with E-state index in [1.165, 1.54) is 38.3 Å². The summed E-state index contributed by atoms with van der Waals surface area (Å²) in [5.41, 5.74) is 0. The van der Waals surface area contributed by atoms with E-state index in [-0.39, 0.29) is 6.10 Å². The predicted octanol–water partition coefficient (Wildman–Crippen LogP) is 4.67. The van der Waals surface area contributed by atoms with Crippen LogP contribution in [-0.2, 0) is 4.74 Å². The van der Waals surface area contributed by atoms with Crippen LogP contribution >= 0.6 is 0 Å². The van der Waals surface area contributed by atoms with Crippen molar-refractivity contribution in [3.05, 3.63) is 12.7 Å². The number of unbranched alkanes of at least 4 members (excludes halogenated alkanes) is 1. The van der Waals surface area contributed by atoms with Crippen LogP contribution in [-0.4, -0.2) is 27.0 Å². The van der Waals surface area contributed by atoms with E-state index in [1.807, 2.05) is 0 Å². The third-order valence-corrected chi connectivity index (χ3v) is 4.05. The van der Waals surface area contributed by atoms with E-state index in [0.29, 0.717) is 5.92 Å². The van der Waals surface area contributed by atoms with Crippen LogP contribution in [0.4, 0.5) is 4.79 Å². The zero-order valence-electron chi connectivity index (χ0n) is 14.5. The molecule has 2 atom stereocenters. The molecule has 5 nitrogen and oxygen atoms in total. The minimum Gasteiger partial charge on any atom is -0.445 e. The van der Waals surface area contributed by atoms with Crippen LogP contribution in [0.2, 0.25) is 0 Å². The molecular weight excluding hydrogens is 278 g/mol. The van der Waals surface area contributed by atoms with Crippen molar-refractivity contribution >= 4 is 6.09 Å². The van der Waals surface area contributed by atoms with Gasteiger partial charge in [-0.3, -0.25) is 0 Å². The Balaban J connectivity index is 2.50. The number of aromatic nitrogens is 3. The molecule has 0 aliphatic rings. The lowest BCUT2D eigenvalue weighted by atomic mass is 9.91. The van der Waals surface area contributed by atoms with Crippen LogP contribution in [0.5, 0.6) is 0 Å². The summed E-state index contributed by atoms with van der Waals surface area (Å²) in [6.45, 7) is 8.79. The number of hydrogen-bond acceptors (Lipinski definition) is 4. The first-order chi connectivity index (χ1) is 10.6. The van der Waals surface area contributed by atoms with E-state index >= 15 is 0 Å². The lowest BCUT2D eigenvalue weighted by molar-refractivity contribution is 0.0741. The molecule has 1 aromatic rings. The molecule has 0 aliphatic heterocycles. The van der Waals surface area contributed by atoms with E-state index in [0.717, 1.165) is 29.9 Å². The van der Waals surface area contributed by atoms with Gasteiger partial charge in [-0.2, -0.15) is 4.68 Å². The van der Waals surface area contributed by atoms with Gasteiger partial charge in [0.15, 0.2) is 0 Å². The quantitative estimate of drug-likeness (QED) is 0.630. The molecule has 0 spiro atoms. The highest BCUT2D eigenvalue weighted by Gasteiger charge is 2.19. The Morgan fingerprint density at radius 1 is 1.23 bits per heavy atom. The van der Waals surface area contributed by atoms with E-state index in [9.17, 15) is 4.79 Å². The number of hydrogen-bond donors (Lipinski definition) is 0. The van der Waals surface area contributed by atoms with Gasteiger partial charge in [0.25, 0.3) is 0 Å². The number of nitrogens with zero attached hydrogens (tertiary/aromatic N) is 3. The maximum Gasteiger partial charge on any atom is 0.436 e. The highest BCUT2D eigenvalue weighted by Crippen LogP contribution is 2.23. The smallest absolute Gasteiger partial charge is 0.436 e. The van der Waals surface area contributed by atoms with E-state index < -0.39 is 6.09 Å². The molecule has 0 aromatic carbocycles. The second kappa shape index (κ2) is 10.4. The summed E-state index contributed by atoms with van der Waals surface area (Å²) in [6.07, 6.45) is 10.2. The van der Waals surface area contributed by atoms with Gasteiger partial charge >= 0.3 is 6.09 Å². The van der Waals surface area contributed by atoms with Crippen LogP contribution < -0.4 is 0 Å². The minimum absolute atomic E-state index is 0.0348. The molecule has 0 N–H and O–H groups in total. The van der Waals surface area contributed by atoms with Crippen molar-refractivity contribution in [1.82, 2.24) is 14.8 Å². The van der Waals surface area contributed by atoms with Gasteiger partial charge in [0.2, 0.25) is 0 Å². The second-order valence-corrected chi connectivity index (χ2v) is 6.47. The predicted molar refractivity (Wildman–Crippen MR) is 87.7 cm³/mol. The first-order valence-electron chi connectivity index (χ1n) is 8.62. The summed E-state index contributed by atoms with van der Waals surface area (Å²) < 4.78 is 6.78. The summed E-state index contributed by atoms with van der Waals surface area (Å²) in [6, 6.07) is 0. The average molecular weight is 309 g/mol. The molecule has 5 heteroatoms. The summed E-state index contributed by atoms with van der Waals surface area (Å²) in [7, 11) is 0. The fourth-order valence-corrected chi connectivity index (χ4v) is 2.72. The van der Waals surface area contributed by atoms with Gasteiger partial charge in [-0.15, -0.1) is 5.10 Å². The normalized spacial score (nSPS) is 14.0. The molecular formula is C17H31N3O2. The largest absolute Gasteiger partial charge is 0.445 e. The number of rotatable bonds is 10. The zero-order chi connectivity index (χ0) is 16.4. The van der Waals surface area contributed by atoms with Gasteiger partial charge < -0.3 is 4.74 Å². The molecule has 2 unspecified atom stereocenters. The Morgan fingerprint density at radius 2 is 2.00 bits per heavy atom. The highest BCUT2D eigenvalue weighted by atomic mass is 16.6. The molecule has 1 rings (SSSR count). The summed E-state index contributed by atoms with van der Waals surface area (Å²) >= 11 is 0. The molecule has 0 saturated heterocycles. The maximum absolute atomic E-state index is 12.0. The Labute approximate surface area is 134 Å². The fraction of sp³-hybridized carbons (Fsp3) is 0.824. The lowest BCUT2D eigenvalue weighted by Gasteiger charge is -2.22. The third-order valence-electron chi connectivity index (χ3n) is 4.05. The van der Waals surface area contributed by atoms with E-state index in [2.05, 4.69) is 37.8 Å². The Bertz CT molecular complexity index is 404. The van der Waals surface area contributed by atoms with Crippen molar-refractivity contribution < 1.29 is 9.53 Å². The molecule has 0 radical (unpaired) electrons. The van der Waals surface area contributed by atoms with E-state index in [1.54, 1.807) is 0 Å². The maximum atomic E-state index is 12.0. The second-order valence-electron chi connectivity index (χ2n) is 6.47. The Hall–Kier alpha value is -1.39. The summed E-state index contributed by atoms with van der Waals surface area (Å²) in [5, 5.41) is 3.83. The topological polar surface area (TPSA) is 57.0 Å². The SMILES string of the molecule is CCCCC(CC)CCC(CC(C)C)OC(=O)n1cncn1. The van der Waals surface area contributed by atoms with Crippen LogP contribution in [0, 0.1) is 11.8 Å². The number of carbonyl (C=O) groups is 1. The molecule has 0 bridgehead atoms. The van der Waals surface area contributed by atoms with E-state index in [4.69, 9.17) is 4.74 Å². The summed E-state index contributed by atoms with van der Waals surface area (Å²) in [5.74, 6) is 1.24. The van der Waals surface area contributed by atoms with Crippen LogP contribution in [0.1, 0.15) is 72.6 Å². The Morgan fingerprint density at radius 3 is 2.55 bits per heavy atom. The molecule has 0 fully saturated rings. The molecule has 1 aromatic heterocycles. The van der Waals surface area contributed by atoms with Crippen molar-refractivity contribution in [3.8, 4) is 0 Å². The minimum atomic E-state index is -0.426. The lowest BCUT2D eigenvalue weighted by Crippen LogP contribution is -2.24.